The quantitative estimate of drug-likeness (QED) is 0.858. The Labute approximate surface area is 105 Å². The van der Waals surface area contributed by atoms with Crippen LogP contribution in [-0.2, 0) is 0 Å². The van der Waals surface area contributed by atoms with Crippen LogP contribution in [0, 0.1) is 12.8 Å². The maximum Gasteiger partial charge on any atom is 0.0370 e. The highest BCUT2D eigenvalue weighted by atomic mass is 15.1. The third-order valence-corrected chi connectivity index (χ3v) is 3.63. The van der Waals surface area contributed by atoms with E-state index >= 15 is 0 Å². The predicted molar refractivity (Wildman–Crippen MR) is 74.5 cm³/mol. The third-order valence-electron chi connectivity index (χ3n) is 3.63. The summed E-state index contributed by atoms with van der Waals surface area (Å²) in [6, 6.07) is 8.50. The van der Waals surface area contributed by atoms with E-state index in [0.29, 0.717) is 0 Å². The molecule has 0 saturated carbocycles. The average Bonchev–Trinajstić information content (AvgIpc) is 2.32. The molecule has 1 aliphatic heterocycles. The lowest BCUT2D eigenvalue weighted by Crippen LogP contribution is -2.37. The number of nitrogens with zero attached hydrogens (tertiary/aromatic N) is 1. The molecule has 17 heavy (non-hydrogen) atoms. The zero-order valence-electron chi connectivity index (χ0n) is 11.1. The lowest BCUT2D eigenvalue weighted by atomic mass is 10.0. The number of rotatable bonds is 4. The summed E-state index contributed by atoms with van der Waals surface area (Å²) >= 11 is 0. The van der Waals surface area contributed by atoms with Gasteiger partial charge in [0.15, 0.2) is 0 Å². The fourth-order valence-electron chi connectivity index (χ4n) is 2.61. The van der Waals surface area contributed by atoms with E-state index in [1.165, 1.54) is 43.7 Å². The van der Waals surface area contributed by atoms with E-state index in [-0.39, 0.29) is 0 Å². The van der Waals surface area contributed by atoms with Gasteiger partial charge in [-0.2, -0.15) is 0 Å². The lowest BCUT2D eigenvalue weighted by molar-refractivity contribution is 0.190. The second-order valence-corrected chi connectivity index (χ2v) is 5.29. The highest BCUT2D eigenvalue weighted by Crippen LogP contribution is 2.16. The molecule has 1 aromatic carbocycles. The second kappa shape index (κ2) is 6.06. The first kappa shape index (κ1) is 12.4. The fourth-order valence-corrected chi connectivity index (χ4v) is 2.61. The molecular weight excluding hydrogens is 208 g/mol. The molecule has 94 valence electrons. The highest BCUT2D eigenvalue weighted by molar-refractivity contribution is 5.50. The molecule has 1 heterocycles. The number of likely N-dealkylation sites (tertiary alicyclic amines) is 1. The van der Waals surface area contributed by atoms with Crippen LogP contribution in [0.15, 0.2) is 24.3 Å². The summed E-state index contributed by atoms with van der Waals surface area (Å²) in [5.41, 5.74) is 2.61. The Morgan fingerprint density at radius 3 is 2.94 bits per heavy atom. The Bertz CT molecular complexity index is 349. The first-order chi connectivity index (χ1) is 8.25. The molecule has 0 bridgehead atoms. The van der Waals surface area contributed by atoms with Crippen LogP contribution < -0.4 is 5.32 Å². The smallest absolute Gasteiger partial charge is 0.0370 e. The normalized spacial score (nSPS) is 21.4. The molecule has 1 aliphatic rings. The molecular formula is C15H24N2. The summed E-state index contributed by atoms with van der Waals surface area (Å²) in [4.78, 5) is 2.58. The molecule has 1 saturated heterocycles. The van der Waals surface area contributed by atoms with E-state index in [0.717, 1.165) is 12.5 Å². The molecule has 0 radical (unpaired) electrons. The number of para-hydroxylation sites is 1. The first-order valence-electron chi connectivity index (χ1n) is 6.77. The van der Waals surface area contributed by atoms with Gasteiger partial charge in [0.05, 0.1) is 0 Å². The van der Waals surface area contributed by atoms with Gasteiger partial charge in [-0.25, -0.2) is 0 Å². The predicted octanol–water partition coefficient (Wildman–Crippen LogP) is 3.14. The van der Waals surface area contributed by atoms with Crippen LogP contribution in [0.4, 0.5) is 5.69 Å². The summed E-state index contributed by atoms with van der Waals surface area (Å²) in [6.45, 7) is 9.29. The average molecular weight is 232 g/mol. The van der Waals surface area contributed by atoms with E-state index in [9.17, 15) is 0 Å². The molecule has 1 fully saturated rings. The van der Waals surface area contributed by atoms with Crippen molar-refractivity contribution in [2.45, 2.75) is 26.7 Å². The molecule has 0 spiro atoms. The molecule has 0 aromatic heterocycles. The summed E-state index contributed by atoms with van der Waals surface area (Å²) in [6.07, 6.45) is 2.77. The van der Waals surface area contributed by atoms with Gasteiger partial charge in [0.1, 0.15) is 0 Å². The number of anilines is 1. The van der Waals surface area contributed by atoms with Crippen molar-refractivity contribution in [2.75, 3.05) is 31.5 Å². The van der Waals surface area contributed by atoms with Crippen LogP contribution >= 0.6 is 0 Å². The summed E-state index contributed by atoms with van der Waals surface area (Å²) in [5.74, 6) is 0.877. The molecule has 1 aromatic rings. The zero-order valence-corrected chi connectivity index (χ0v) is 11.1. The van der Waals surface area contributed by atoms with Crippen LogP contribution in [0.2, 0.25) is 0 Å². The van der Waals surface area contributed by atoms with Crippen LogP contribution in [0.1, 0.15) is 25.3 Å². The Hall–Kier alpha value is -1.02. The maximum atomic E-state index is 3.53. The summed E-state index contributed by atoms with van der Waals surface area (Å²) < 4.78 is 0. The van der Waals surface area contributed by atoms with Crippen molar-refractivity contribution in [1.82, 2.24) is 4.90 Å². The molecule has 1 unspecified atom stereocenters. The molecule has 0 aliphatic carbocycles. The van der Waals surface area contributed by atoms with E-state index < -0.39 is 0 Å². The van der Waals surface area contributed by atoms with Crippen LogP contribution in [0.3, 0.4) is 0 Å². The van der Waals surface area contributed by atoms with Gasteiger partial charge in [-0.1, -0.05) is 25.1 Å². The van der Waals surface area contributed by atoms with Crippen LogP contribution in [0.25, 0.3) is 0 Å². The van der Waals surface area contributed by atoms with Gasteiger partial charge in [-0.15, -0.1) is 0 Å². The van der Waals surface area contributed by atoms with Crippen molar-refractivity contribution in [3.8, 4) is 0 Å². The van der Waals surface area contributed by atoms with Crippen molar-refractivity contribution >= 4 is 5.69 Å². The molecule has 2 nitrogen and oxygen atoms in total. The van der Waals surface area contributed by atoms with Crippen molar-refractivity contribution in [2.24, 2.45) is 5.92 Å². The van der Waals surface area contributed by atoms with Gasteiger partial charge in [-0.3, -0.25) is 0 Å². The summed E-state index contributed by atoms with van der Waals surface area (Å²) in [7, 11) is 0. The van der Waals surface area contributed by atoms with Gasteiger partial charge in [0, 0.05) is 25.3 Å². The third kappa shape index (κ3) is 3.74. The largest absolute Gasteiger partial charge is 0.384 e. The minimum atomic E-state index is 0.877. The van der Waals surface area contributed by atoms with E-state index in [2.05, 4.69) is 48.3 Å². The number of hydrogen-bond donors (Lipinski definition) is 1. The molecule has 1 N–H and O–H groups in total. The number of aryl methyl sites for hydroxylation is 1. The van der Waals surface area contributed by atoms with Crippen molar-refractivity contribution < 1.29 is 0 Å². The monoisotopic (exact) mass is 232 g/mol. The van der Waals surface area contributed by atoms with E-state index in [1.807, 2.05) is 0 Å². The van der Waals surface area contributed by atoms with Gasteiger partial charge < -0.3 is 10.2 Å². The Kier molecular flexibility index (Phi) is 4.43. The van der Waals surface area contributed by atoms with Crippen LogP contribution in [-0.4, -0.2) is 31.1 Å². The Morgan fingerprint density at radius 1 is 1.35 bits per heavy atom. The van der Waals surface area contributed by atoms with E-state index in [4.69, 9.17) is 0 Å². The van der Waals surface area contributed by atoms with Crippen molar-refractivity contribution in [3.63, 3.8) is 0 Å². The Balaban J connectivity index is 1.74. The molecule has 1 atom stereocenters. The van der Waals surface area contributed by atoms with Gasteiger partial charge in [0.2, 0.25) is 0 Å². The highest BCUT2D eigenvalue weighted by Gasteiger charge is 2.15. The van der Waals surface area contributed by atoms with Gasteiger partial charge in [-0.05, 0) is 43.9 Å². The minimum absolute atomic E-state index is 0.877. The minimum Gasteiger partial charge on any atom is -0.384 e. The number of hydrogen-bond acceptors (Lipinski definition) is 2. The second-order valence-electron chi connectivity index (χ2n) is 5.29. The topological polar surface area (TPSA) is 15.3 Å². The molecule has 2 rings (SSSR count). The van der Waals surface area contributed by atoms with Crippen LogP contribution in [0.5, 0.6) is 0 Å². The number of benzene rings is 1. The van der Waals surface area contributed by atoms with Crippen molar-refractivity contribution in [3.05, 3.63) is 29.8 Å². The van der Waals surface area contributed by atoms with E-state index in [1.54, 1.807) is 0 Å². The van der Waals surface area contributed by atoms with Gasteiger partial charge >= 0.3 is 0 Å². The fraction of sp³-hybridized carbons (Fsp3) is 0.600. The first-order valence-corrected chi connectivity index (χ1v) is 6.77. The van der Waals surface area contributed by atoms with Gasteiger partial charge in [0.25, 0.3) is 0 Å². The molecule has 0 amide bonds. The summed E-state index contributed by atoms with van der Waals surface area (Å²) in [5, 5.41) is 3.53. The number of piperidine rings is 1. The van der Waals surface area contributed by atoms with Crippen molar-refractivity contribution in [1.29, 1.82) is 0 Å². The standard InChI is InChI=1S/C15H24N2/c1-13-6-5-10-17(12-13)11-9-16-15-8-4-3-7-14(15)2/h3-4,7-8,13,16H,5-6,9-12H2,1-2H3. The number of nitrogens with one attached hydrogen (secondary N) is 1. The SMILES string of the molecule is Cc1ccccc1NCCN1CCCC(C)C1. The zero-order chi connectivity index (χ0) is 12.1. The maximum absolute atomic E-state index is 3.53. The lowest BCUT2D eigenvalue weighted by Gasteiger charge is -2.30. The Morgan fingerprint density at radius 2 is 2.18 bits per heavy atom. The molecule has 2 heteroatoms.